The van der Waals surface area contributed by atoms with E-state index in [4.69, 9.17) is 4.74 Å². The van der Waals surface area contributed by atoms with Gasteiger partial charge in [-0.3, -0.25) is 9.69 Å². The van der Waals surface area contributed by atoms with Crippen LogP contribution in [0.15, 0.2) is 47.8 Å². The highest BCUT2D eigenvalue weighted by atomic mass is 32.1. The maximum Gasteiger partial charge on any atom is 0.240 e. The Morgan fingerprint density at radius 2 is 1.96 bits per heavy atom. The minimum atomic E-state index is -0.566. The molecule has 0 atom stereocenters. The number of aromatic nitrogens is 1. The number of thiazole rings is 1. The molecule has 0 radical (unpaired) electrons. The number of likely N-dealkylation sites (N-methyl/N-ethyl adjacent to an activating group) is 1. The quantitative estimate of drug-likeness (QED) is 0.643. The molecule has 28 heavy (non-hydrogen) atoms. The molecule has 8 heteroatoms. The van der Waals surface area contributed by atoms with Crippen molar-refractivity contribution >= 4 is 22.4 Å². The molecule has 0 bridgehead atoms. The smallest absolute Gasteiger partial charge is 0.240 e. The first-order valence-corrected chi connectivity index (χ1v) is 9.35. The topological polar surface area (TPSA) is 54.5 Å². The van der Waals surface area contributed by atoms with Crippen LogP contribution in [0.3, 0.4) is 0 Å². The number of amides is 1. The highest BCUT2D eigenvalue weighted by Crippen LogP contribution is 2.27. The molecule has 0 aliphatic rings. The van der Waals surface area contributed by atoms with Gasteiger partial charge in [-0.25, -0.2) is 13.8 Å². The number of methoxy groups -OCH3 is 1. The Kier molecular flexibility index (Phi) is 6.33. The van der Waals surface area contributed by atoms with Gasteiger partial charge in [-0.2, -0.15) is 0 Å². The van der Waals surface area contributed by atoms with Crippen LogP contribution in [0.4, 0.5) is 13.9 Å². The highest BCUT2D eigenvalue weighted by Gasteiger charge is 2.13. The lowest BCUT2D eigenvalue weighted by molar-refractivity contribution is -0.117. The van der Waals surface area contributed by atoms with Gasteiger partial charge in [0.1, 0.15) is 17.4 Å². The fourth-order valence-electron chi connectivity index (χ4n) is 2.65. The van der Waals surface area contributed by atoms with E-state index in [-0.39, 0.29) is 23.7 Å². The number of ether oxygens (including phenoxy) is 1. The second-order valence-electron chi connectivity index (χ2n) is 6.23. The maximum absolute atomic E-state index is 13.8. The lowest BCUT2D eigenvalue weighted by Crippen LogP contribution is -2.29. The van der Waals surface area contributed by atoms with Crippen molar-refractivity contribution in [3.05, 3.63) is 65.0 Å². The van der Waals surface area contributed by atoms with Gasteiger partial charge in [0.2, 0.25) is 5.91 Å². The molecule has 1 heterocycles. The van der Waals surface area contributed by atoms with Gasteiger partial charge >= 0.3 is 0 Å². The second kappa shape index (κ2) is 8.90. The standard InChI is InChI=1S/C20H19F2N3O2S/c1-25(10-13-3-6-15(27-2)7-4-13)11-19(26)24-20-23-18(12-28-20)16-9-14(21)5-8-17(16)22/h3-9,12H,10-11H2,1-2H3,(H,23,24,26). The molecular formula is C20H19F2N3O2S. The number of carbonyl (C=O) groups excluding carboxylic acids is 1. The van der Waals surface area contributed by atoms with E-state index >= 15 is 0 Å². The summed E-state index contributed by atoms with van der Waals surface area (Å²) in [7, 11) is 3.44. The predicted octanol–water partition coefficient (Wildman–Crippen LogP) is 4.17. The Hall–Kier alpha value is -2.84. The van der Waals surface area contributed by atoms with E-state index in [9.17, 15) is 13.6 Å². The van der Waals surface area contributed by atoms with Crippen molar-refractivity contribution in [1.29, 1.82) is 0 Å². The number of rotatable bonds is 7. The number of benzene rings is 2. The van der Waals surface area contributed by atoms with E-state index in [0.717, 1.165) is 40.8 Å². The Balaban J connectivity index is 1.57. The fraction of sp³-hybridized carbons (Fsp3) is 0.200. The molecule has 146 valence electrons. The first kappa shape index (κ1) is 19.9. The Morgan fingerprint density at radius 1 is 1.21 bits per heavy atom. The van der Waals surface area contributed by atoms with Crippen molar-refractivity contribution in [2.45, 2.75) is 6.54 Å². The average molecular weight is 403 g/mol. The molecule has 1 amide bonds. The molecule has 0 aliphatic heterocycles. The molecular weight excluding hydrogens is 384 g/mol. The zero-order valence-corrected chi connectivity index (χ0v) is 16.2. The monoisotopic (exact) mass is 403 g/mol. The maximum atomic E-state index is 13.8. The van der Waals surface area contributed by atoms with Crippen LogP contribution < -0.4 is 10.1 Å². The van der Waals surface area contributed by atoms with E-state index < -0.39 is 11.6 Å². The molecule has 2 aromatic carbocycles. The zero-order valence-electron chi connectivity index (χ0n) is 15.4. The molecule has 0 fully saturated rings. The van der Waals surface area contributed by atoms with Gasteiger partial charge in [0, 0.05) is 17.5 Å². The number of nitrogens with zero attached hydrogens (tertiary/aromatic N) is 2. The van der Waals surface area contributed by atoms with Crippen LogP contribution in [0.2, 0.25) is 0 Å². The van der Waals surface area contributed by atoms with Crippen molar-refractivity contribution in [2.24, 2.45) is 0 Å². The van der Waals surface area contributed by atoms with E-state index in [1.54, 1.807) is 12.5 Å². The second-order valence-corrected chi connectivity index (χ2v) is 7.09. The molecule has 5 nitrogen and oxygen atoms in total. The molecule has 3 rings (SSSR count). The summed E-state index contributed by atoms with van der Waals surface area (Å²) in [5.41, 5.74) is 1.39. The van der Waals surface area contributed by atoms with Crippen molar-refractivity contribution in [3.8, 4) is 17.0 Å². The Morgan fingerprint density at radius 3 is 2.68 bits per heavy atom. The van der Waals surface area contributed by atoms with Crippen LogP contribution in [0.5, 0.6) is 5.75 Å². The van der Waals surface area contributed by atoms with Gasteiger partial charge < -0.3 is 10.1 Å². The molecule has 3 aromatic rings. The molecule has 1 aromatic heterocycles. The van der Waals surface area contributed by atoms with Gasteiger partial charge in [-0.1, -0.05) is 12.1 Å². The van der Waals surface area contributed by atoms with Crippen LogP contribution in [0, 0.1) is 11.6 Å². The average Bonchev–Trinajstić information content (AvgIpc) is 3.12. The summed E-state index contributed by atoms with van der Waals surface area (Å²) < 4.78 is 32.3. The highest BCUT2D eigenvalue weighted by molar-refractivity contribution is 7.14. The Labute approximate surface area is 165 Å². The van der Waals surface area contributed by atoms with Gasteiger partial charge in [-0.05, 0) is 42.9 Å². The van der Waals surface area contributed by atoms with Crippen molar-refractivity contribution in [3.63, 3.8) is 0 Å². The Bertz CT molecular complexity index is 960. The predicted molar refractivity (Wildman–Crippen MR) is 105 cm³/mol. The molecule has 0 saturated heterocycles. The minimum absolute atomic E-state index is 0.0633. The van der Waals surface area contributed by atoms with Crippen LogP contribution >= 0.6 is 11.3 Å². The lowest BCUT2D eigenvalue weighted by atomic mass is 10.1. The summed E-state index contributed by atoms with van der Waals surface area (Å²) in [4.78, 5) is 18.3. The van der Waals surface area contributed by atoms with Crippen molar-refractivity contribution in [1.82, 2.24) is 9.88 Å². The zero-order chi connectivity index (χ0) is 20.1. The van der Waals surface area contributed by atoms with Crippen LogP contribution in [0.1, 0.15) is 5.56 Å². The van der Waals surface area contributed by atoms with E-state index in [1.165, 1.54) is 0 Å². The molecule has 0 saturated carbocycles. The third-order valence-corrected chi connectivity index (χ3v) is 4.74. The summed E-state index contributed by atoms with van der Waals surface area (Å²) in [5, 5.41) is 4.60. The van der Waals surface area contributed by atoms with Gasteiger partial charge in [-0.15, -0.1) is 11.3 Å². The third kappa shape index (κ3) is 5.11. The number of halogens is 2. The molecule has 0 unspecified atom stereocenters. The SMILES string of the molecule is COc1ccc(CN(C)CC(=O)Nc2nc(-c3cc(F)ccc3F)cs2)cc1. The van der Waals surface area contributed by atoms with Crippen molar-refractivity contribution in [2.75, 3.05) is 26.0 Å². The number of nitrogens with one attached hydrogen (secondary N) is 1. The first-order valence-electron chi connectivity index (χ1n) is 8.47. The van der Waals surface area contributed by atoms with Crippen LogP contribution in [0.25, 0.3) is 11.3 Å². The number of hydrogen-bond donors (Lipinski definition) is 1. The molecule has 0 aliphatic carbocycles. The summed E-state index contributed by atoms with van der Waals surface area (Å²) in [6.45, 7) is 0.754. The summed E-state index contributed by atoms with van der Waals surface area (Å²) in [6, 6.07) is 10.8. The minimum Gasteiger partial charge on any atom is -0.497 e. The van der Waals surface area contributed by atoms with Gasteiger partial charge in [0.25, 0.3) is 0 Å². The van der Waals surface area contributed by atoms with Gasteiger partial charge in [0.15, 0.2) is 5.13 Å². The molecule has 1 N–H and O–H groups in total. The number of anilines is 1. The van der Waals surface area contributed by atoms with Gasteiger partial charge in [0.05, 0.1) is 19.3 Å². The first-order chi connectivity index (χ1) is 13.4. The largest absolute Gasteiger partial charge is 0.497 e. The summed E-state index contributed by atoms with van der Waals surface area (Å²) in [6.07, 6.45) is 0. The fourth-order valence-corrected chi connectivity index (χ4v) is 3.38. The normalized spacial score (nSPS) is 10.9. The van der Waals surface area contributed by atoms with E-state index in [2.05, 4.69) is 10.3 Å². The molecule has 0 spiro atoms. The van der Waals surface area contributed by atoms with E-state index in [0.29, 0.717) is 11.7 Å². The van der Waals surface area contributed by atoms with Crippen LogP contribution in [-0.2, 0) is 11.3 Å². The number of hydrogen-bond acceptors (Lipinski definition) is 5. The third-order valence-electron chi connectivity index (χ3n) is 3.98. The van der Waals surface area contributed by atoms with Crippen molar-refractivity contribution < 1.29 is 18.3 Å². The summed E-state index contributed by atoms with van der Waals surface area (Å²) in [5.74, 6) is -0.575. The van der Waals surface area contributed by atoms with Crippen LogP contribution in [-0.4, -0.2) is 36.5 Å². The lowest BCUT2D eigenvalue weighted by Gasteiger charge is -2.16. The summed E-state index contributed by atoms with van der Waals surface area (Å²) >= 11 is 1.16. The van der Waals surface area contributed by atoms with E-state index in [1.807, 2.05) is 36.2 Å². The number of carbonyl (C=O) groups is 1.